The average Bonchev–Trinajstić information content (AvgIpc) is 2.84. The summed E-state index contributed by atoms with van der Waals surface area (Å²) in [6.45, 7) is 0. The van der Waals surface area contributed by atoms with Gasteiger partial charge in [0.05, 0.1) is 16.8 Å². The van der Waals surface area contributed by atoms with E-state index in [1.54, 1.807) is 54.7 Å². The number of carbonyl (C=O) groups is 1. The van der Waals surface area contributed by atoms with Crippen LogP contribution in [0.4, 0.5) is 17.2 Å². The van der Waals surface area contributed by atoms with Crippen LogP contribution >= 0.6 is 0 Å². The van der Waals surface area contributed by atoms with Gasteiger partial charge in [-0.3, -0.25) is 9.78 Å². The quantitative estimate of drug-likeness (QED) is 0.296. The van der Waals surface area contributed by atoms with Gasteiger partial charge in [0.15, 0.2) is 5.58 Å². The van der Waals surface area contributed by atoms with Crippen LogP contribution in [0.15, 0.2) is 94.4 Å². The van der Waals surface area contributed by atoms with E-state index in [0.717, 1.165) is 4.31 Å². The van der Waals surface area contributed by atoms with Crippen LogP contribution in [-0.2, 0) is 10.9 Å². The monoisotopic (exact) mass is 472 g/mol. The second-order valence-electron chi connectivity index (χ2n) is 7.23. The van der Waals surface area contributed by atoms with E-state index in [9.17, 15) is 18.0 Å². The SMILES string of the molecule is O=C(Nc1ccnc(N(c2cccc3ncccc23)[SH](=O)=O)c1)c1cccc2ccc(=O)oc12. The Hall–Kier alpha value is -4.57. The van der Waals surface area contributed by atoms with Crippen LogP contribution in [0, 0.1) is 0 Å². The molecule has 0 atom stereocenters. The van der Waals surface area contributed by atoms with E-state index in [-0.39, 0.29) is 17.0 Å². The molecule has 0 bridgehead atoms. The van der Waals surface area contributed by atoms with Crippen LogP contribution in [-0.4, -0.2) is 24.3 Å². The number of rotatable bonds is 5. The largest absolute Gasteiger partial charge is 0.422 e. The zero-order valence-corrected chi connectivity index (χ0v) is 18.3. The van der Waals surface area contributed by atoms with Gasteiger partial charge < -0.3 is 9.73 Å². The van der Waals surface area contributed by atoms with E-state index in [2.05, 4.69) is 15.3 Å². The molecule has 0 unspecified atom stereocenters. The van der Waals surface area contributed by atoms with E-state index < -0.39 is 22.4 Å². The van der Waals surface area contributed by atoms with Crippen molar-refractivity contribution in [3.05, 3.63) is 101 Å². The maximum Gasteiger partial charge on any atom is 0.336 e. The molecular weight excluding hydrogens is 456 g/mol. The Balaban J connectivity index is 1.53. The standard InChI is InChI=1S/C24H16N4O5S/c29-22-10-9-15-4-1-5-18(23(15)33-22)24(30)27-16-11-13-26-21(14-16)28(34(31)32)20-8-2-7-19-17(20)6-3-12-25-19/h1-14,34H,(H,26,27,30). The van der Waals surface area contributed by atoms with Crippen LogP contribution in [0.1, 0.15) is 10.4 Å². The number of hydrogen-bond acceptors (Lipinski definition) is 7. The second kappa shape index (κ2) is 8.75. The van der Waals surface area contributed by atoms with Gasteiger partial charge in [-0.05, 0) is 42.5 Å². The van der Waals surface area contributed by atoms with Crippen LogP contribution in [0.25, 0.3) is 21.9 Å². The number of nitrogens with zero attached hydrogens (tertiary/aromatic N) is 3. The summed E-state index contributed by atoms with van der Waals surface area (Å²) < 4.78 is 30.8. The van der Waals surface area contributed by atoms with Gasteiger partial charge in [-0.15, -0.1) is 0 Å². The summed E-state index contributed by atoms with van der Waals surface area (Å²) in [4.78, 5) is 33.1. The lowest BCUT2D eigenvalue weighted by atomic mass is 10.1. The number of anilines is 3. The summed E-state index contributed by atoms with van der Waals surface area (Å²) in [5, 5.41) is 3.95. The molecule has 0 saturated heterocycles. The molecule has 3 heterocycles. The molecular formula is C24H16N4O5S. The average molecular weight is 472 g/mol. The number of aromatic nitrogens is 2. The molecule has 168 valence electrons. The fourth-order valence-electron chi connectivity index (χ4n) is 3.65. The number of pyridine rings is 2. The minimum atomic E-state index is -3.11. The lowest BCUT2D eigenvalue weighted by molar-refractivity contribution is 0.102. The number of benzene rings is 2. The smallest absolute Gasteiger partial charge is 0.336 e. The number of para-hydroxylation sites is 1. The van der Waals surface area contributed by atoms with E-state index in [1.807, 2.05) is 0 Å². The number of hydrogen-bond donors (Lipinski definition) is 2. The van der Waals surface area contributed by atoms with Crippen molar-refractivity contribution in [1.82, 2.24) is 9.97 Å². The highest BCUT2D eigenvalue weighted by Gasteiger charge is 2.18. The first kappa shape index (κ1) is 21.3. The summed E-state index contributed by atoms with van der Waals surface area (Å²) in [6, 6.07) is 19.4. The third-order valence-electron chi connectivity index (χ3n) is 5.13. The highest BCUT2D eigenvalue weighted by molar-refractivity contribution is 7.74. The lowest BCUT2D eigenvalue weighted by Crippen LogP contribution is -2.17. The van der Waals surface area contributed by atoms with Crippen LogP contribution in [0.2, 0.25) is 0 Å². The minimum Gasteiger partial charge on any atom is -0.422 e. The molecule has 0 aliphatic heterocycles. The van der Waals surface area contributed by atoms with E-state index in [4.69, 9.17) is 4.42 Å². The zero-order valence-electron chi connectivity index (χ0n) is 17.4. The molecule has 0 fully saturated rings. The maximum absolute atomic E-state index is 13.0. The predicted octanol–water partition coefficient (Wildman–Crippen LogP) is 3.65. The third kappa shape index (κ3) is 3.97. The van der Waals surface area contributed by atoms with Gasteiger partial charge in [-0.2, -0.15) is 0 Å². The minimum absolute atomic E-state index is 0.0923. The number of carbonyl (C=O) groups excluding carboxylic acids is 1. The summed E-state index contributed by atoms with van der Waals surface area (Å²) >= 11 is 0. The molecule has 2 aromatic carbocycles. The first-order chi connectivity index (χ1) is 16.5. The fraction of sp³-hybridized carbons (Fsp3) is 0. The third-order valence-corrected chi connectivity index (χ3v) is 5.87. The molecule has 3 aromatic heterocycles. The Bertz CT molecular complexity index is 1680. The molecule has 1 N–H and O–H groups in total. The fourth-order valence-corrected chi connectivity index (χ4v) is 4.28. The number of amides is 1. The van der Waals surface area contributed by atoms with E-state index >= 15 is 0 Å². The first-order valence-corrected chi connectivity index (χ1v) is 11.2. The summed E-state index contributed by atoms with van der Waals surface area (Å²) in [5.41, 5.74) is 1.08. The predicted molar refractivity (Wildman–Crippen MR) is 129 cm³/mol. The molecule has 0 radical (unpaired) electrons. The van der Waals surface area contributed by atoms with Crippen molar-refractivity contribution in [2.24, 2.45) is 0 Å². The maximum atomic E-state index is 13.0. The van der Waals surface area contributed by atoms with Crippen molar-refractivity contribution in [1.29, 1.82) is 0 Å². The highest BCUT2D eigenvalue weighted by atomic mass is 32.2. The Morgan fingerprint density at radius 1 is 0.912 bits per heavy atom. The Morgan fingerprint density at radius 3 is 2.62 bits per heavy atom. The number of nitrogens with one attached hydrogen (secondary N) is 1. The molecule has 10 heteroatoms. The molecule has 34 heavy (non-hydrogen) atoms. The second-order valence-corrected chi connectivity index (χ2v) is 8.11. The summed E-state index contributed by atoms with van der Waals surface area (Å²) in [5.74, 6) is -0.431. The summed E-state index contributed by atoms with van der Waals surface area (Å²) in [6.07, 6.45) is 3.01. The topological polar surface area (TPSA) is 122 Å². The van der Waals surface area contributed by atoms with Gasteiger partial charge in [0.1, 0.15) is 5.82 Å². The van der Waals surface area contributed by atoms with Gasteiger partial charge >= 0.3 is 5.63 Å². The van der Waals surface area contributed by atoms with Gasteiger partial charge in [0, 0.05) is 41.0 Å². The Morgan fingerprint density at radius 2 is 1.76 bits per heavy atom. The van der Waals surface area contributed by atoms with Gasteiger partial charge in [-0.1, -0.05) is 18.2 Å². The molecule has 0 aliphatic carbocycles. The van der Waals surface area contributed by atoms with E-state index in [0.29, 0.717) is 27.7 Å². The van der Waals surface area contributed by atoms with Crippen molar-refractivity contribution in [2.45, 2.75) is 0 Å². The zero-order chi connectivity index (χ0) is 23.7. The molecule has 1 amide bonds. The lowest BCUT2D eigenvalue weighted by Gasteiger charge is -2.19. The van der Waals surface area contributed by atoms with Crippen molar-refractivity contribution < 1.29 is 17.6 Å². The van der Waals surface area contributed by atoms with Gasteiger partial charge in [0.2, 0.25) is 10.9 Å². The molecule has 5 aromatic rings. The Labute approximate surface area is 194 Å². The highest BCUT2D eigenvalue weighted by Crippen LogP contribution is 2.32. The molecule has 5 rings (SSSR count). The van der Waals surface area contributed by atoms with Gasteiger partial charge in [0.25, 0.3) is 5.91 Å². The van der Waals surface area contributed by atoms with Crippen molar-refractivity contribution in [3.63, 3.8) is 0 Å². The summed E-state index contributed by atoms with van der Waals surface area (Å²) in [7, 11) is -3.11. The molecule has 0 aliphatic rings. The number of fused-ring (bicyclic) bond motifs is 2. The molecule has 0 saturated carbocycles. The van der Waals surface area contributed by atoms with Crippen molar-refractivity contribution in [3.8, 4) is 0 Å². The molecule has 0 spiro atoms. The number of thiol groups is 1. The Kier molecular flexibility index (Phi) is 5.48. The first-order valence-electron chi connectivity index (χ1n) is 10.1. The normalized spacial score (nSPS) is 11.1. The van der Waals surface area contributed by atoms with Crippen LogP contribution in [0.3, 0.4) is 0 Å². The van der Waals surface area contributed by atoms with Crippen molar-refractivity contribution >= 4 is 55.9 Å². The van der Waals surface area contributed by atoms with E-state index in [1.165, 1.54) is 30.5 Å². The van der Waals surface area contributed by atoms with Gasteiger partial charge in [-0.25, -0.2) is 22.5 Å². The molecule has 9 nitrogen and oxygen atoms in total. The van der Waals surface area contributed by atoms with Crippen molar-refractivity contribution in [2.75, 3.05) is 9.62 Å². The van der Waals surface area contributed by atoms with Crippen LogP contribution in [0.5, 0.6) is 0 Å². The van der Waals surface area contributed by atoms with Crippen LogP contribution < -0.4 is 15.2 Å².